The molecule has 118 valence electrons. The first kappa shape index (κ1) is 15.3. The standard InChI is InChI=1S/C19H21N3O/c1-14(2)22-13-10-16-17(7-5-8-18(16)22)19(23)21-12-9-15-6-3-4-11-20-15/h3-8,10-11,13-14H,9,12H2,1-2H3,(H,21,23). The van der Waals surface area contributed by atoms with Crippen molar-refractivity contribution in [1.82, 2.24) is 14.9 Å². The number of nitrogens with zero attached hydrogens (tertiary/aromatic N) is 2. The summed E-state index contributed by atoms with van der Waals surface area (Å²) in [4.78, 5) is 16.8. The highest BCUT2D eigenvalue weighted by molar-refractivity contribution is 6.06. The van der Waals surface area contributed by atoms with E-state index >= 15 is 0 Å². The summed E-state index contributed by atoms with van der Waals surface area (Å²) in [6, 6.07) is 14.1. The number of rotatable bonds is 5. The fourth-order valence-electron chi connectivity index (χ4n) is 2.78. The van der Waals surface area contributed by atoms with Crippen molar-refractivity contribution in [1.29, 1.82) is 0 Å². The summed E-state index contributed by atoms with van der Waals surface area (Å²) in [5, 5.41) is 3.99. The van der Waals surface area contributed by atoms with Crippen LogP contribution in [0.3, 0.4) is 0 Å². The Hall–Kier alpha value is -2.62. The molecule has 1 aromatic carbocycles. The van der Waals surface area contributed by atoms with E-state index in [1.807, 2.05) is 42.6 Å². The maximum absolute atomic E-state index is 12.5. The summed E-state index contributed by atoms with van der Waals surface area (Å²) in [7, 11) is 0. The van der Waals surface area contributed by atoms with Gasteiger partial charge < -0.3 is 9.88 Å². The van der Waals surface area contributed by atoms with E-state index in [2.05, 4.69) is 34.8 Å². The second kappa shape index (κ2) is 6.65. The molecule has 1 N–H and O–H groups in total. The van der Waals surface area contributed by atoms with Crippen LogP contribution in [0.2, 0.25) is 0 Å². The second-order valence-electron chi connectivity index (χ2n) is 5.88. The molecule has 0 saturated carbocycles. The van der Waals surface area contributed by atoms with Crippen molar-refractivity contribution >= 4 is 16.8 Å². The Labute approximate surface area is 136 Å². The van der Waals surface area contributed by atoms with Crippen LogP contribution in [0.1, 0.15) is 35.9 Å². The molecule has 0 aliphatic carbocycles. The first-order valence-corrected chi connectivity index (χ1v) is 7.94. The normalized spacial score (nSPS) is 11.1. The molecule has 4 nitrogen and oxygen atoms in total. The van der Waals surface area contributed by atoms with Crippen molar-refractivity contribution in [2.45, 2.75) is 26.3 Å². The summed E-state index contributed by atoms with van der Waals surface area (Å²) in [5.41, 5.74) is 2.80. The van der Waals surface area contributed by atoms with Gasteiger partial charge in [0.1, 0.15) is 0 Å². The zero-order chi connectivity index (χ0) is 16.2. The molecular formula is C19H21N3O. The maximum Gasteiger partial charge on any atom is 0.251 e. The van der Waals surface area contributed by atoms with E-state index in [1.54, 1.807) is 6.20 Å². The van der Waals surface area contributed by atoms with Crippen molar-refractivity contribution < 1.29 is 4.79 Å². The van der Waals surface area contributed by atoms with Crippen molar-refractivity contribution in [2.75, 3.05) is 6.54 Å². The molecule has 0 aliphatic heterocycles. The van der Waals surface area contributed by atoms with Crippen LogP contribution in [0, 0.1) is 0 Å². The first-order valence-electron chi connectivity index (χ1n) is 7.94. The number of aromatic nitrogens is 2. The summed E-state index contributed by atoms with van der Waals surface area (Å²) in [6.45, 7) is 4.86. The molecule has 3 aromatic rings. The molecule has 0 atom stereocenters. The van der Waals surface area contributed by atoms with Gasteiger partial charge in [0.2, 0.25) is 0 Å². The van der Waals surface area contributed by atoms with Gasteiger partial charge in [-0.1, -0.05) is 12.1 Å². The molecule has 3 rings (SSSR count). The number of carbonyl (C=O) groups excluding carboxylic acids is 1. The fourth-order valence-corrected chi connectivity index (χ4v) is 2.78. The highest BCUT2D eigenvalue weighted by Gasteiger charge is 2.12. The van der Waals surface area contributed by atoms with Gasteiger partial charge in [-0.15, -0.1) is 0 Å². The lowest BCUT2D eigenvalue weighted by Gasteiger charge is -2.10. The minimum absolute atomic E-state index is 0.0342. The van der Waals surface area contributed by atoms with E-state index in [0.29, 0.717) is 12.6 Å². The number of pyridine rings is 1. The van der Waals surface area contributed by atoms with Crippen LogP contribution in [-0.4, -0.2) is 22.0 Å². The Bertz CT molecular complexity index is 806. The summed E-state index contributed by atoms with van der Waals surface area (Å²) in [6.07, 6.45) is 4.54. The van der Waals surface area contributed by atoms with Gasteiger partial charge in [0.05, 0.1) is 0 Å². The summed E-state index contributed by atoms with van der Waals surface area (Å²) >= 11 is 0. The summed E-state index contributed by atoms with van der Waals surface area (Å²) in [5.74, 6) is -0.0342. The minimum atomic E-state index is -0.0342. The molecule has 0 aliphatic rings. The second-order valence-corrected chi connectivity index (χ2v) is 5.88. The predicted octanol–water partition coefficient (Wildman–Crippen LogP) is 3.59. The van der Waals surface area contributed by atoms with Gasteiger partial charge in [0.25, 0.3) is 5.91 Å². The van der Waals surface area contributed by atoms with E-state index < -0.39 is 0 Å². The molecule has 2 aromatic heterocycles. The maximum atomic E-state index is 12.5. The average Bonchev–Trinajstić information content (AvgIpc) is 3.00. The molecule has 0 radical (unpaired) electrons. The lowest BCUT2D eigenvalue weighted by molar-refractivity contribution is 0.0955. The summed E-state index contributed by atoms with van der Waals surface area (Å²) < 4.78 is 2.18. The van der Waals surface area contributed by atoms with Crippen LogP contribution < -0.4 is 5.32 Å². The zero-order valence-electron chi connectivity index (χ0n) is 13.5. The fraction of sp³-hybridized carbons (Fsp3) is 0.263. The quantitative estimate of drug-likeness (QED) is 0.783. The van der Waals surface area contributed by atoms with E-state index in [-0.39, 0.29) is 5.91 Å². The van der Waals surface area contributed by atoms with Gasteiger partial charge in [-0.25, -0.2) is 0 Å². The Morgan fingerprint density at radius 3 is 2.78 bits per heavy atom. The highest BCUT2D eigenvalue weighted by atomic mass is 16.1. The Kier molecular flexibility index (Phi) is 4.42. The third-order valence-electron chi connectivity index (χ3n) is 3.96. The van der Waals surface area contributed by atoms with E-state index in [9.17, 15) is 4.79 Å². The van der Waals surface area contributed by atoms with Crippen molar-refractivity contribution in [3.05, 3.63) is 66.1 Å². The van der Waals surface area contributed by atoms with Gasteiger partial charge in [0.15, 0.2) is 0 Å². The van der Waals surface area contributed by atoms with Crippen LogP contribution in [0.25, 0.3) is 10.9 Å². The van der Waals surface area contributed by atoms with Crippen LogP contribution >= 0.6 is 0 Å². The van der Waals surface area contributed by atoms with E-state index in [1.165, 1.54) is 0 Å². The average molecular weight is 307 g/mol. The molecular weight excluding hydrogens is 286 g/mol. The molecule has 0 fully saturated rings. The molecule has 0 saturated heterocycles. The number of benzene rings is 1. The number of amides is 1. The van der Waals surface area contributed by atoms with Gasteiger partial charge in [-0.05, 0) is 44.2 Å². The Morgan fingerprint density at radius 2 is 2.04 bits per heavy atom. The third-order valence-corrected chi connectivity index (χ3v) is 3.96. The minimum Gasteiger partial charge on any atom is -0.352 e. The lowest BCUT2D eigenvalue weighted by atomic mass is 10.1. The molecule has 2 heterocycles. The largest absolute Gasteiger partial charge is 0.352 e. The predicted molar refractivity (Wildman–Crippen MR) is 92.6 cm³/mol. The third kappa shape index (κ3) is 3.26. The first-order chi connectivity index (χ1) is 11.2. The Balaban J connectivity index is 1.73. The van der Waals surface area contributed by atoms with Crippen molar-refractivity contribution in [3.63, 3.8) is 0 Å². The number of carbonyl (C=O) groups is 1. The van der Waals surface area contributed by atoms with Gasteiger partial charge in [-0.3, -0.25) is 9.78 Å². The van der Waals surface area contributed by atoms with Crippen molar-refractivity contribution in [3.8, 4) is 0 Å². The lowest BCUT2D eigenvalue weighted by Crippen LogP contribution is -2.26. The van der Waals surface area contributed by atoms with E-state index in [0.717, 1.165) is 28.6 Å². The number of nitrogens with one attached hydrogen (secondary N) is 1. The van der Waals surface area contributed by atoms with Gasteiger partial charge >= 0.3 is 0 Å². The van der Waals surface area contributed by atoms with Crippen LogP contribution in [0.4, 0.5) is 0 Å². The van der Waals surface area contributed by atoms with Crippen LogP contribution in [0.5, 0.6) is 0 Å². The zero-order valence-corrected chi connectivity index (χ0v) is 13.5. The highest BCUT2D eigenvalue weighted by Crippen LogP contribution is 2.23. The van der Waals surface area contributed by atoms with Crippen LogP contribution in [-0.2, 0) is 6.42 Å². The number of hydrogen-bond donors (Lipinski definition) is 1. The molecule has 0 bridgehead atoms. The van der Waals surface area contributed by atoms with Gasteiger partial charge in [-0.2, -0.15) is 0 Å². The molecule has 0 spiro atoms. The molecule has 0 unspecified atom stereocenters. The monoisotopic (exact) mass is 307 g/mol. The Morgan fingerprint density at radius 1 is 1.17 bits per heavy atom. The topological polar surface area (TPSA) is 46.9 Å². The van der Waals surface area contributed by atoms with Crippen molar-refractivity contribution in [2.24, 2.45) is 0 Å². The molecule has 23 heavy (non-hydrogen) atoms. The molecule has 1 amide bonds. The molecule has 4 heteroatoms. The van der Waals surface area contributed by atoms with Crippen LogP contribution in [0.15, 0.2) is 54.9 Å². The van der Waals surface area contributed by atoms with Gasteiger partial charge in [0, 0.05) is 53.6 Å². The number of hydrogen-bond acceptors (Lipinski definition) is 2. The smallest absolute Gasteiger partial charge is 0.251 e. The van der Waals surface area contributed by atoms with E-state index in [4.69, 9.17) is 0 Å². The SMILES string of the molecule is CC(C)n1ccc2c(C(=O)NCCc3ccccn3)cccc21. The number of fused-ring (bicyclic) bond motifs is 1.